The van der Waals surface area contributed by atoms with Gasteiger partial charge in [-0.05, 0) is 13.0 Å². The van der Waals surface area contributed by atoms with Crippen molar-refractivity contribution in [2.75, 3.05) is 6.61 Å². The van der Waals surface area contributed by atoms with Crippen molar-refractivity contribution < 1.29 is 49.6 Å². The Morgan fingerprint density at radius 3 is 2.45 bits per heavy atom. The van der Waals surface area contributed by atoms with Crippen molar-refractivity contribution in [1.82, 2.24) is 0 Å². The van der Waals surface area contributed by atoms with Gasteiger partial charge in [0, 0.05) is 12.8 Å². The molecule has 0 aromatic rings. The molecule has 0 bridgehead atoms. The topological polar surface area (TPSA) is 182 Å². The van der Waals surface area contributed by atoms with Crippen molar-refractivity contribution in [3.63, 3.8) is 0 Å². The minimum atomic E-state index is -1.63. The van der Waals surface area contributed by atoms with E-state index in [2.05, 4.69) is 0 Å². The van der Waals surface area contributed by atoms with Crippen LogP contribution in [0.25, 0.3) is 0 Å². The highest BCUT2D eigenvalue weighted by molar-refractivity contribution is 5.24. The van der Waals surface area contributed by atoms with Crippen LogP contribution in [-0.2, 0) is 18.9 Å². The maximum absolute atomic E-state index is 10.1. The molecule has 0 unspecified atom stereocenters. The van der Waals surface area contributed by atoms with E-state index in [1.54, 1.807) is 13.0 Å². The molecule has 3 rings (SSSR count). The molecule has 2 fully saturated rings. The molecule has 11 atom stereocenters. The van der Waals surface area contributed by atoms with Crippen LogP contribution in [0.5, 0.6) is 0 Å². The molecule has 0 spiro atoms. The number of hydrogen-bond donors (Lipinski definition) is 6. The van der Waals surface area contributed by atoms with E-state index in [0.29, 0.717) is 0 Å². The highest BCUT2D eigenvalue weighted by atomic mass is 16.7. The lowest BCUT2D eigenvalue weighted by atomic mass is 9.98. The van der Waals surface area contributed by atoms with Gasteiger partial charge in [0.2, 0.25) is 0 Å². The van der Waals surface area contributed by atoms with Crippen LogP contribution in [0.3, 0.4) is 0 Å². The molecule has 2 aliphatic heterocycles. The van der Waals surface area contributed by atoms with Crippen molar-refractivity contribution in [3.05, 3.63) is 12.2 Å². The van der Waals surface area contributed by atoms with Crippen LogP contribution >= 0.6 is 0 Å². The van der Waals surface area contributed by atoms with Gasteiger partial charge in [-0.15, -0.1) is 0 Å². The van der Waals surface area contributed by atoms with Crippen molar-refractivity contribution in [2.45, 2.75) is 86.8 Å². The van der Waals surface area contributed by atoms with Crippen LogP contribution in [0.1, 0.15) is 19.8 Å². The second-order valence-corrected chi connectivity index (χ2v) is 7.62. The highest BCUT2D eigenvalue weighted by Crippen LogP contribution is 2.34. The third kappa shape index (κ3) is 4.62. The fourth-order valence-electron chi connectivity index (χ4n) is 3.67. The lowest BCUT2D eigenvalue weighted by Crippen LogP contribution is -2.60. The summed E-state index contributed by atoms with van der Waals surface area (Å²) >= 11 is 0. The molecule has 2 heterocycles. The summed E-state index contributed by atoms with van der Waals surface area (Å²) in [6, 6.07) is 1.98. The molecule has 164 valence electrons. The molecule has 3 aliphatic rings. The first kappa shape index (κ1) is 22.5. The second-order valence-electron chi connectivity index (χ2n) is 7.62. The molecule has 11 heteroatoms. The Morgan fingerprint density at radius 2 is 1.83 bits per heavy atom. The van der Waals surface area contributed by atoms with Crippen molar-refractivity contribution in [1.29, 1.82) is 5.26 Å². The monoisotopic (exact) mass is 417 g/mol. The molecule has 0 saturated carbocycles. The molecule has 2 saturated heterocycles. The van der Waals surface area contributed by atoms with Gasteiger partial charge < -0.3 is 49.6 Å². The molecule has 29 heavy (non-hydrogen) atoms. The first-order valence-corrected chi connectivity index (χ1v) is 9.45. The minimum absolute atomic E-state index is 0.0193. The van der Waals surface area contributed by atoms with E-state index < -0.39 is 73.6 Å². The number of nitriles is 1. The average Bonchev–Trinajstić information content (AvgIpc) is 3.09. The summed E-state index contributed by atoms with van der Waals surface area (Å²) in [5, 5.41) is 68.3. The van der Waals surface area contributed by atoms with E-state index in [-0.39, 0.29) is 12.8 Å². The SMILES string of the molecule is C[C@H]1O[C@H](O[C@@H]2C=C[C@@](C#N)(O[C@@H]3O[C@H](CO)[C@@H](O)[C@H](O)[C@H]3O)C2)C[C@H](O)[C@H]1O. The lowest BCUT2D eigenvalue weighted by Gasteiger charge is -2.41. The number of aliphatic hydroxyl groups is 6. The van der Waals surface area contributed by atoms with Crippen LogP contribution in [-0.4, -0.2) is 104 Å². The molecule has 0 aromatic carbocycles. The molecule has 11 nitrogen and oxygen atoms in total. The quantitative estimate of drug-likeness (QED) is 0.255. The van der Waals surface area contributed by atoms with Gasteiger partial charge in [0.25, 0.3) is 0 Å². The molecule has 0 aromatic heterocycles. The number of aliphatic hydroxyl groups excluding tert-OH is 6. The zero-order valence-electron chi connectivity index (χ0n) is 15.8. The number of hydrogen-bond acceptors (Lipinski definition) is 11. The average molecular weight is 417 g/mol. The third-order valence-electron chi connectivity index (χ3n) is 5.45. The molecule has 1 aliphatic carbocycles. The van der Waals surface area contributed by atoms with Crippen molar-refractivity contribution >= 4 is 0 Å². The zero-order valence-corrected chi connectivity index (χ0v) is 15.8. The van der Waals surface area contributed by atoms with E-state index >= 15 is 0 Å². The van der Waals surface area contributed by atoms with E-state index in [1.807, 2.05) is 6.07 Å². The maximum atomic E-state index is 10.1. The second kappa shape index (κ2) is 8.91. The minimum Gasteiger partial charge on any atom is -0.394 e. The van der Waals surface area contributed by atoms with Gasteiger partial charge in [0.15, 0.2) is 18.2 Å². The molecule has 0 amide bonds. The predicted octanol–water partition coefficient (Wildman–Crippen LogP) is -2.73. The summed E-state index contributed by atoms with van der Waals surface area (Å²) in [7, 11) is 0. The smallest absolute Gasteiger partial charge is 0.189 e. The largest absolute Gasteiger partial charge is 0.394 e. The fraction of sp³-hybridized carbons (Fsp3) is 0.833. The Bertz CT molecular complexity index is 627. The van der Waals surface area contributed by atoms with Crippen molar-refractivity contribution in [2.24, 2.45) is 0 Å². The first-order valence-electron chi connectivity index (χ1n) is 9.45. The number of nitrogens with zero attached hydrogens (tertiary/aromatic N) is 1. The highest BCUT2D eigenvalue weighted by Gasteiger charge is 2.49. The predicted molar refractivity (Wildman–Crippen MR) is 92.8 cm³/mol. The van der Waals surface area contributed by atoms with E-state index in [9.17, 15) is 35.9 Å². The Labute approximate surface area is 167 Å². The summed E-state index contributed by atoms with van der Waals surface area (Å²) in [6.07, 6.45) is -8.37. The van der Waals surface area contributed by atoms with Crippen LogP contribution in [0.4, 0.5) is 0 Å². The summed E-state index contributed by atoms with van der Waals surface area (Å²) in [5.41, 5.74) is -1.54. The van der Waals surface area contributed by atoms with Gasteiger partial charge in [0.1, 0.15) is 36.6 Å². The van der Waals surface area contributed by atoms with Crippen LogP contribution in [0.15, 0.2) is 12.2 Å². The zero-order chi connectivity index (χ0) is 21.3. The van der Waals surface area contributed by atoms with E-state index in [1.165, 1.54) is 6.08 Å². The molecular formula is C18H27NO10. The van der Waals surface area contributed by atoms with Gasteiger partial charge in [-0.1, -0.05) is 6.08 Å². The van der Waals surface area contributed by atoms with Crippen LogP contribution in [0.2, 0.25) is 0 Å². The first-order chi connectivity index (χ1) is 13.7. The van der Waals surface area contributed by atoms with Gasteiger partial charge in [-0.25, -0.2) is 0 Å². The standard InChI is InChI=1S/C18H27NO10/c1-8-13(22)10(21)4-12(26-8)27-9-2-3-18(5-9,7-19)29-17-16(25)15(24)14(23)11(6-20)28-17/h2-3,8-17,20-25H,4-6H2,1H3/t8-,9-,10+,11-,12-,13+,14-,15+,16-,17+,18-/m1/s1. The van der Waals surface area contributed by atoms with E-state index in [4.69, 9.17) is 18.9 Å². The summed E-state index contributed by atoms with van der Waals surface area (Å²) in [5.74, 6) is 0. The Balaban J connectivity index is 1.62. The fourth-order valence-corrected chi connectivity index (χ4v) is 3.67. The Hall–Kier alpha value is -1.17. The Morgan fingerprint density at radius 1 is 1.10 bits per heavy atom. The molecule has 0 radical (unpaired) electrons. The van der Waals surface area contributed by atoms with Crippen LogP contribution < -0.4 is 0 Å². The van der Waals surface area contributed by atoms with Crippen LogP contribution in [0, 0.1) is 11.3 Å². The van der Waals surface area contributed by atoms with Gasteiger partial charge >= 0.3 is 0 Å². The maximum Gasteiger partial charge on any atom is 0.189 e. The molecular weight excluding hydrogens is 390 g/mol. The summed E-state index contributed by atoms with van der Waals surface area (Å²) in [4.78, 5) is 0. The summed E-state index contributed by atoms with van der Waals surface area (Å²) in [6.45, 7) is 0.993. The van der Waals surface area contributed by atoms with Gasteiger partial charge in [-0.2, -0.15) is 5.26 Å². The molecule has 6 N–H and O–H groups in total. The van der Waals surface area contributed by atoms with Gasteiger partial charge in [0.05, 0.1) is 24.9 Å². The lowest BCUT2D eigenvalue weighted by molar-refractivity contribution is -0.317. The van der Waals surface area contributed by atoms with Crippen molar-refractivity contribution in [3.8, 4) is 6.07 Å². The Kier molecular flexibility index (Phi) is 6.91. The number of ether oxygens (including phenoxy) is 4. The summed E-state index contributed by atoms with van der Waals surface area (Å²) < 4.78 is 22.2. The van der Waals surface area contributed by atoms with E-state index in [0.717, 1.165) is 0 Å². The normalized spacial score (nSPS) is 50.4. The third-order valence-corrected chi connectivity index (χ3v) is 5.45. The number of rotatable bonds is 5. The van der Waals surface area contributed by atoms with Gasteiger partial charge in [-0.3, -0.25) is 0 Å².